The van der Waals surface area contributed by atoms with Crippen LogP contribution >= 0.6 is 0 Å². The number of ketones is 1. The van der Waals surface area contributed by atoms with Crippen molar-refractivity contribution in [2.75, 3.05) is 38.1 Å². The lowest BCUT2D eigenvalue weighted by atomic mass is 9.95. The molecule has 0 saturated carbocycles. The van der Waals surface area contributed by atoms with Crippen molar-refractivity contribution in [1.29, 1.82) is 0 Å². The molecule has 118 heavy (non-hydrogen) atoms. The van der Waals surface area contributed by atoms with E-state index in [1.807, 2.05) is 16.0 Å². The number of hydrogen-bond acceptors (Lipinski definition) is 24. The molecule has 24 N–H and O–H groups in total. The highest BCUT2D eigenvalue weighted by atomic mass is 16.5. The molecule has 13 atom stereocenters. The standard InChI is InChI=1S/C75H107N17O26/c1-6-8-9-10-11-12-13-24-56(96)84-47(28-41-34-79-44-21-16-14-19-42(41)44)69(111)87-48(30-55(77)95)70(112)89-51(33-62(105)106)71(113)92-64-40(5)118-75(117)52(29-54(94)43-20-15-17-22-45(43)78-26-7-2)90-74(116)63(38(3)27-59(99)100)91-72(114)53(37-93)85-58(98)35-80-66(108)49(31-60(101)102)86-65(107)39(4)82-68(110)50(32-61(103)104)88-67(109)46(23-18-25-76)83-57(97)36-81-73(64)115/h14-17,19-22,34,38-40,46-53,63-64,78-79,93H,6-13,18,23-33,35-37,76H2,1-5H3,(H2,77,95)(H,80,108)(H,81,115)(H,82,110)(H,83,97)(H,84,96)(H,85,98)(H,86,107)(H,87,111)(H,88,109)(H,89,112)(H,90,116)(H,91,114)(H,92,113)(H,99,100)(H,101,102)(H,103,104)(H,105,106)/t38-,39-,40-,46+,47+,48-,49+,50+,51+,52+,53-,63+,64+/m1/s1. The van der Waals surface area contributed by atoms with Crippen LogP contribution in [-0.4, -0.2) is 254 Å². The second kappa shape index (κ2) is 49.9. The number of rotatable bonds is 38. The molecule has 3 aromatic rings. The van der Waals surface area contributed by atoms with Crippen molar-refractivity contribution in [2.24, 2.45) is 17.4 Å². The third-order valence-electron chi connectivity index (χ3n) is 18.4. The van der Waals surface area contributed by atoms with Gasteiger partial charge < -0.3 is 121 Å². The van der Waals surface area contributed by atoms with Crippen LogP contribution in [-0.2, 0) is 102 Å². The van der Waals surface area contributed by atoms with Gasteiger partial charge in [-0.05, 0) is 75.8 Å². The van der Waals surface area contributed by atoms with Crippen molar-refractivity contribution in [3.8, 4) is 0 Å². The van der Waals surface area contributed by atoms with Crippen LogP contribution in [0.1, 0.15) is 160 Å². The second-order valence-corrected chi connectivity index (χ2v) is 28.1. The number of primary amides is 1. The molecule has 2 aromatic carbocycles. The first-order chi connectivity index (χ1) is 55.9. The zero-order valence-corrected chi connectivity index (χ0v) is 65.9. The van der Waals surface area contributed by atoms with E-state index in [4.69, 9.17) is 16.2 Å². The summed E-state index contributed by atoms with van der Waals surface area (Å²) in [6, 6.07) is -9.89. The number of fused-ring (bicyclic) bond motifs is 1. The molecule has 43 heteroatoms. The Kier molecular flexibility index (Phi) is 41.3. The fourth-order valence-electron chi connectivity index (χ4n) is 12.1. The van der Waals surface area contributed by atoms with E-state index in [2.05, 4.69) is 70.4 Å². The highest BCUT2D eigenvalue weighted by molar-refractivity contribution is 6.05. The molecular weight excluding hydrogens is 1550 g/mol. The molecule has 1 aliphatic heterocycles. The monoisotopic (exact) mass is 1660 g/mol. The van der Waals surface area contributed by atoms with Crippen LogP contribution < -0.4 is 85.9 Å². The number of benzene rings is 2. The Morgan fingerprint density at radius 3 is 1.70 bits per heavy atom. The number of amides is 14. The minimum atomic E-state index is -2.44. The minimum absolute atomic E-state index is 0.0163. The van der Waals surface area contributed by atoms with Gasteiger partial charge in [0.1, 0.15) is 72.6 Å². The van der Waals surface area contributed by atoms with Crippen LogP contribution in [0.2, 0.25) is 0 Å². The van der Waals surface area contributed by atoms with Crippen molar-refractivity contribution >= 4 is 135 Å². The lowest BCUT2D eigenvalue weighted by Gasteiger charge is -2.30. The SMILES string of the molecule is CCCCCCCCCC(=O)N[C@@H](Cc1c[nH]c2ccccc12)C(=O)N[C@H](CC(N)=O)C(=O)N[C@@H](CC(=O)O)C(=O)N[C@@H]1C(=O)NCC(=O)N[C@@H](CCCN)C(=O)N[C@@H](CC(=O)O)C(=O)N[C@H](C)C(=O)N[C@@H](CC(=O)O)C(=O)NCC(=O)N[C@H](CO)C(=O)N[C@@H]([C@H](C)CC(=O)O)C(=O)N[C@@H](CC(=O)c2ccccc2NCCC)C(=O)O[C@@H]1C. The van der Waals surface area contributed by atoms with Gasteiger partial charge in [0, 0.05) is 54.2 Å². The fraction of sp³-hybridized carbons (Fsp3) is 0.547. The van der Waals surface area contributed by atoms with Gasteiger partial charge in [0.2, 0.25) is 82.7 Å². The van der Waals surface area contributed by atoms with Crippen LogP contribution in [0.25, 0.3) is 10.9 Å². The summed E-state index contributed by atoms with van der Waals surface area (Å²) in [6.45, 7) is 3.26. The van der Waals surface area contributed by atoms with Crippen molar-refractivity contribution in [1.82, 2.24) is 74.1 Å². The number of carboxylic acids is 4. The number of aliphatic carboxylic acids is 4. The maximum absolute atomic E-state index is 15.0. The third-order valence-corrected chi connectivity index (χ3v) is 18.4. The number of para-hydroxylation sites is 2. The largest absolute Gasteiger partial charge is 0.481 e. The summed E-state index contributed by atoms with van der Waals surface area (Å²) >= 11 is 0. The van der Waals surface area contributed by atoms with E-state index in [1.165, 1.54) is 24.3 Å². The molecule has 1 aliphatic rings. The summed E-state index contributed by atoms with van der Waals surface area (Å²) in [6.07, 6.45) is -1.69. The van der Waals surface area contributed by atoms with Crippen LogP contribution in [0.4, 0.5) is 5.69 Å². The molecule has 14 amide bonds. The van der Waals surface area contributed by atoms with Crippen molar-refractivity contribution in [2.45, 2.75) is 223 Å². The molecule has 1 saturated heterocycles. The van der Waals surface area contributed by atoms with Gasteiger partial charge >= 0.3 is 29.8 Å². The smallest absolute Gasteiger partial charge is 0.329 e. The molecule has 0 radical (unpaired) electrons. The first-order valence-corrected chi connectivity index (χ1v) is 38.3. The molecular formula is C75H107N17O26. The minimum Gasteiger partial charge on any atom is -0.481 e. The van der Waals surface area contributed by atoms with E-state index < -0.39 is 255 Å². The van der Waals surface area contributed by atoms with Crippen molar-refractivity contribution in [3.63, 3.8) is 0 Å². The predicted molar refractivity (Wildman–Crippen MR) is 415 cm³/mol. The van der Waals surface area contributed by atoms with Crippen LogP contribution in [0.15, 0.2) is 54.7 Å². The summed E-state index contributed by atoms with van der Waals surface area (Å²) in [5.74, 6) is -29.5. The molecule has 4 rings (SSSR count). The van der Waals surface area contributed by atoms with E-state index in [9.17, 15) is 117 Å². The number of esters is 1. The highest BCUT2D eigenvalue weighted by Gasteiger charge is 2.41. The summed E-state index contributed by atoms with van der Waals surface area (Å²) in [5, 5.41) is 82.2. The van der Waals surface area contributed by atoms with E-state index in [0.29, 0.717) is 35.7 Å². The van der Waals surface area contributed by atoms with Crippen LogP contribution in [0.3, 0.4) is 0 Å². The molecule has 0 unspecified atom stereocenters. The number of H-pyrrole nitrogens is 1. The normalized spacial score (nSPS) is 20.9. The molecule has 0 aliphatic carbocycles. The number of unbranched alkanes of at least 4 members (excludes halogenated alkanes) is 6. The summed E-state index contributed by atoms with van der Waals surface area (Å²) in [4.78, 5) is 278. The number of Topliss-reactive ketones (excluding diaryl/α,β-unsaturated/α-hetero) is 1. The van der Waals surface area contributed by atoms with Crippen LogP contribution in [0.5, 0.6) is 0 Å². The number of nitrogens with one attached hydrogen (secondary N) is 15. The maximum atomic E-state index is 15.0. The molecule has 648 valence electrons. The third kappa shape index (κ3) is 33.6. The Labute approximate surface area is 676 Å². The number of aromatic nitrogens is 1. The van der Waals surface area contributed by atoms with E-state index >= 15 is 4.79 Å². The van der Waals surface area contributed by atoms with E-state index in [1.54, 1.807) is 37.4 Å². The number of ether oxygens (including phenoxy) is 1. The Morgan fingerprint density at radius 2 is 1.09 bits per heavy atom. The van der Waals surface area contributed by atoms with E-state index in [0.717, 1.165) is 52.9 Å². The predicted octanol–water partition coefficient (Wildman–Crippen LogP) is -4.38. The van der Waals surface area contributed by atoms with Gasteiger partial charge in [0.05, 0.1) is 51.8 Å². The molecule has 0 bridgehead atoms. The number of hydrogen-bond donors (Lipinski definition) is 22. The Morgan fingerprint density at radius 1 is 0.542 bits per heavy atom. The molecule has 43 nitrogen and oxygen atoms in total. The second-order valence-electron chi connectivity index (χ2n) is 28.1. The van der Waals surface area contributed by atoms with E-state index in [-0.39, 0.29) is 50.0 Å². The average molecular weight is 1660 g/mol. The maximum Gasteiger partial charge on any atom is 0.329 e. The van der Waals surface area contributed by atoms with Crippen LogP contribution in [0, 0.1) is 5.92 Å². The number of carboxylic acid groups (broad SMARTS) is 4. The topological polar surface area (TPSA) is 688 Å². The summed E-state index contributed by atoms with van der Waals surface area (Å²) < 4.78 is 5.76. The highest BCUT2D eigenvalue weighted by Crippen LogP contribution is 2.22. The average Bonchev–Trinajstić information content (AvgIpc) is 1.66. The number of cyclic esters (lactones) is 1. The Hall–Kier alpha value is -12.7. The lowest BCUT2D eigenvalue weighted by molar-refractivity contribution is -0.156. The number of nitrogens with two attached hydrogens (primary N) is 2. The van der Waals surface area contributed by atoms with Crippen molar-refractivity contribution in [3.05, 3.63) is 65.9 Å². The van der Waals surface area contributed by atoms with Gasteiger partial charge in [-0.25, -0.2) is 4.79 Å². The summed E-state index contributed by atoms with van der Waals surface area (Å²) in [7, 11) is 0. The quantitative estimate of drug-likeness (QED) is 0.0146. The number of aliphatic hydroxyl groups is 1. The number of carbonyl (C=O) groups excluding carboxylic acids is 16. The zero-order valence-electron chi connectivity index (χ0n) is 65.9. The van der Waals surface area contributed by atoms with Gasteiger partial charge in [-0.3, -0.25) is 91.1 Å². The molecule has 1 fully saturated rings. The van der Waals surface area contributed by atoms with Gasteiger partial charge in [-0.2, -0.15) is 0 Å². The number of aliphatic hydroxyl groups excluding tert-OH is 1. The molecule has 1 aromatic heterocycles. The number of carbonyl (C=O) groups is 20. The Bertz CT molecular complexity index is 4100. The van der Waals surface area contributed by atoms with Gasteiger partial charge in [0.25, 0.3) is 0 Å². The molecule has 0 spiro atoms. The van der Waals surface area contributed by atoms with Gasteiger partial charge in [0.15, 0.2) is 5.78 Å². The van der Waals surface area contributed by atoms with Gasteiger partial charge in [-0.1, -0.05) is 89.6 Å². The first kappa shape index (κ1) is 97.7. The van der Waals surface area contributed by atoms with Gasteiger partial charge in [-0.15, -0.1) is 0 Å². The lowest BCUT2D eigenvalue weighted by Crippen LogP contribution is -2.62. The number of aromatic amines is 1. The zero-order chi connectivity index (χ0) is 87.9. The first-order valence-electron chi connectivity index (χ1n) is 38.3. The Balaban J connectivity index is 1.90. The summed E-state index contributed by atoms with van der Waals surface area (Å²) in [5.41, 5.74) is 12.6. The fourth-order valence-corrected chi connectivity index (χ4v) is 12.1. The van der Waals surface area contributed by atoms with Crippen molar-refractivity contribution < 1.29 is 126 Å². The molecule has 2 heterocycles. The number of anilines is 1.